The molecule has 0 bridgehead atoms. The first-order valence-corrected chi connectivity index (χ1v) is 8.03. The second-order valence-corrected chi connectivity index (χ2v) is 6.52. The van der Waals surface area contributed by atoms with Gasteiger partial charge in [-0.05, 0) is 38.5 Å². The summed E-state index contributed by atoms with van der Waals surface area (Å²) in [7, 11) is 0. The van der Waals surface area contributed by atoms with Crippen molar-refractivity contribution in [3.8, 4) is 0 Å². The second kappa shape index (κ2) is 6.96. The number of aryl methyl sites for hydroxylation is 1. The Morgan fingerprint density at radius 3 is 2.81 bits per heavy atom. The van der Waals surface area contributed by atoms with E-state index in [1.165, 1.54) is 25.7 Å². The molecular weight excluding hydrogens is 264 g/mol. The zero-order chi connectivity index (χ0) is 15.4. The standard InChI is InChI=1S/C16H28N4O/c1-11-5-4-6-14(9-11)7-8-18-15(21)10-20-13(3)16(17)12(2)19-20/h11,14H,4-10,17H2,1-3H3,(H,18,21). The van der Waals surface area contributed by atoms with Crippen LogP contribution in [0, 0.1) is 25.7 Å². The van der Waals surface area contributed by atoms with E-state index in [0.29, 0.717) is 5.69 Å². The molecule has 2 unspecified atom stereocenters. The molecule has 1 aliphatic carbocycles. The summed E-state index contributed by atoms with van der Waals surface area (Å²) >= 11 is 0. The molecule has 0 saturated heterocycles. The fourth-order valence-corrected chi connectivity index (χ4v) is 3.29. The van der Waals surface area contributed by atoms with E-state index in [2.05, 4.69) is 17.3 Å². The van der Waals surface area contributed by atoms with Crippen LogP contribution in [0.25, 0.3) is 0 Å². The normalized spacial score (nSPS) is 22.2. The van der Waals surface area contributed by atoms with E-state index in [4.69, 9.17) is 5.73 Å². The largest absolute Gasteiger partial charge is 0.396 e. The average Bonchev–Trinajstić information content (AvgIpc) is 2.66. The fraction of sp³-hybridized carbons (Fsp3) is 0.750. The van der Waals surface area contributed by atoms with Gasteiger partial charge in [0.1, 0.15) is 6.54 Å². The molecule has 2 atom stereocenters. The first kappa shape index (κ1) is 15.9. The summed E-state index contributed by atoms with van der Waals surface area (Å²) in [5.41, 5.74) is 8.21. The van der Waals surface area contributed by atoms with Crippen LogP contribution in [0.5, 0.6) is 0 Å². The number of amides is 1. The predicted molar refractivity (Wildman–Crippen MR) is 84.9 cm³/mol. The molecule has 1 saturated carbocycles. The van der Waals surface area contributed by atoms with Crippen molar-refractivity contribution >= 4 is 11.6 Å². The molecule has 1 heterocycles. The zero-order valence-corrected chi connectivity index (χ0v) is 13.5. The summed E-state index contributed by atoms with van der Waals surface area (Å²) in [5.74, 6) is 1.64. The third-order valence-corrected chi connectivity index (χ3v) is 4.65. The van der Waals surface area contributed by atoms with E-state index in [0.717, 1.165) is 36.2 Å². The van der Waals surface area contributed by atoms with Gasteiger partial charge in [-0.1, -0.05) is 26.2 Å². The highest BCUT2D eigenvalue weighted by Crippen LogP contribution is 2.30. The minimum absolute atomic E-state index is 0.0180. The summed E-state index contributed by atoms with van der Waals surface area (Å²) < 4.78 is 1.68. The van der Waals surface area contributed by atoms with Crippen LogP contribution in [-0.4, -0.2) is 22.2 Å². The number of anilines is 1. The highest BCUT2D eigenvalue weighted by atomic mass is 16.2. The van der Waals surface area contributed by atoms with E-state index >= 15 is 0 Å². The number of carbonyl (C=O) groups excluding carboxylic acids is 1. The number of hydrogen-bond acceptors (Lipinski definition) is 3. The maximum absolute atomic E-state index is 12.0. The van der Waals surface area contributed by atoms with Crippen LogP contribution in [-0.2, 0) is 11.3 Å². The fourth-order valence-electron chi connectivity index (χ4n) is 3.29. The Kier molecular flexibility index (Phi) is 5.26. The highest BCUT2D eigenvalue weighted by molar-refractivity contribution is 5.75. The quantitative estimate of drug-likeness (QED) is 0.875. The van der Waals surface area contributed by atoms with Crippen LogP contribution in [0.1, 0.15) is 50.4 Å². The highest BCUT2D eigenvalue weighted by Gasteiger charge is 2.18. The number of nitrogens with zero attached hydrogens (tertiary/aromatic N) is 2. The molecule has 1 aromatic rings. The van der Waals surface area contributed by atoms with Gasteiger partial charge in [0, 0.05) is 6.54 Å². The van der Waals surface area contributed by atoms with Gasteiger partial charge in [-0.25, -0.2) is 0 Å². The number of nitrogen functional groups attached to an aromatic ring is 1. The van der Waals surface area contributed by atoms with Crippen molar-refractivity contribution in [1.29, 1.82) is 0 Å². The van der Waals surface area contributed by atoms with Crippen molar-refractivity contribution in [2.24, 2.45) is 11.8 Å². The molecule has 0 spiro atoms. The van der Waals surface area contributed by atoms with Crippen molar-refractivity contribution in [3.05, 3.63) is 11.4 Å². The number of hydrogen-bond donors (Lipinski definition) is 2. The van der Waals surface area contributed by atoms with Crippen LogP contribution in [0.4, 0.5) is 5.69 Å². The summed E-state index contributed by atoms with van der Waals surface area (Å²) in [6.45, 7) is 7.11. The maximum atomic E-state index is 12.0. The molecule has 0 aliphatic heterocycles. The Morgan fingerprint density at radius 2 is 2.19 bits per heavy atom. The van der Waals surface area contributed by atoms with Crippen LogP contribution in [0.2, 0.25) is 0 Å². The Labute approximate surface area is 127 Å². The lowest BCUT2D eigenvalue weighted by Gasteiger charge is -2.26. The molecule has 1 aliphatic rings. The molecule has 3 N–H and O–H groups in total. The first-order valence-electron chi connectivity index (χ1n) is 8.03. The monoisotopic (exact) mass is 292 g/mol. The molecule has 1 aromatic heterocycles. The van der Waals surface area contributed by atoms with E-state index in [1.54, 1.807) is 4.68 Å². The molecule has 5 nitrogen and oxygen atoms in total. The molecule has 0 radical (unpaired) electrons. The third kappa shape index (κ3) is 4.22. The number of nitrogens with two attached hydrogens (primary N) is 1. The van der Waals surface area contributed by atoms with E-state index < -0.39 is 0 Å². The Bertz CT molecular complexity index is 495. The van der Waals surface area contributed by atoms with Gasteiger partial charge in [0.05, 0.1) is 17.1 Å². The van der Waals surface area contributed by atoms with Crippen molar-refractivity contribution in [1.82, 2.24) is 15.1 Å². The van der Waals surface area contributed by atoms with Gasteiger partial charge in [0.2, 0.25) is 5.91 Å². The zero-order valence-electron chi connectivity index (χ0n) is 13.5. The summed E-state index contributed by atoms with van der Waals surface area (Å²) in [5, 5.41) is 7.30. The minimum atomic E-state index is 0.0180. The van der Waals surface area contributed by atoms with Crippen LogP contribution >= 0.6 is 0 Å². The van der Waals surface area contributed by atoms with Gasteiger partial charge in [0.25, 0.3) is 0 Å². The summed E-state index contributed by atoms with van der Waals surface area (Å²) in [6.07, 6.45) is 6.42. The number of rotatable bonds is 5. The lowest BCUT2D eigenvalue weighted by atomic mass is 9.81. The first-order chi connectivity index (χ1) is 9.97. The summed E-state index contributed by atoms with van der Waals surface area (Å²) in [4.78, 5) is 12.0. The van der Waals surface area contributed by atoms with Gasteiger partial charge in [-0.15, -0.1) is 0 Å². The predicted octanol–water partition coefficient (Wildman–Crippen LogP) is 2.41. The van der Waals surface area contributed by atoms with Crippen LogP contribution < -0.4 is 11.1 Å². The van der Waals surface area contributed by atoms with Gasteiger partial charge >= 0.3 is 0 Å². The molecule has 2 rings (SSSR count). The number of carbonyl (C=O) groups is 1. The van der Waals surface area contributed by atoms with E-state index in [9.17, 15) is 4.79 Å². The van der Waals surface area contributed by atoms with Gasteiger partial charge in [-0.3, -0.25) is 9.48 Å². The molecule has 5 heteroatoms. The maximum Gasteiger partial charge on any atom is 0.241 e. The molecule has 21 heavy (non-hydrogen) atoms. The van der Waals surface area contributed by atoms with Crippen LogP contribution in [0.15, 0.2) is 0 Å². The van der Waals surface area contributed by atoms with Crippen LogP contribution in [0.3, 0.4) is 0 Å². The topological polar surface area (TPSA) is 72.9 Å². The van der Waals surface area contributed by atoms with E-state index in [-0.39, 0.29) is 12.5 Å². The lowest BCUT2D eigenvalue weighted by Crippen LogP contribution is -2.30. The molecule has 1 amide bonds. The average molecular weight is 292 g/mol. The SMILES string of the molecule is Cc1nn(CC(=O)NCCC2CCCC(C)C2)c(C)c1N. The van der Waals surface area contributed by atoms with Gasteiger partial charge < -0.3 is 11.1 Å². The second-order valence-electron chi connectivity index (χ2n) is 6.52. The van der Waals surface area contributed by atoms with Gasteiger partial charge in [-0.2, -0.15) is 5.10 Å². The Morgan fingerprint density at radius 1 is 1.43 bits per heavy atom. The molecular formula is C16H28N4O. The van der Waals surface area contributed by atoms with Crippen molar-refractivity contribution in [2.45, 2.75) is 59.4 Å². The van der Waals surface area contributed by atoms with Crippen molar-refractivity contribution < 1.29 is 4.79 Å². The lowest BCUT2D eigenvalue weighted by molar-refractivity contribution is -0.121. The number of nitrogens with one attached hydrogen (secondary N) is 1. The smallest absolute Gasteiger partial charge is 0.241 e. The minimum Gasteiger partial charge on any atom is -0.396 e. The Balaban J connectivity index is 1.73. The van der Waals surface area contributed by atoms with E-state index in [1.807, 2.05) is 13.8 Å². The summed E-state index contributed by atoms with van der Waals surface area (Å²) in [6, 6.07) is 0. The van der Waals surface area contributed by atoms with Crippen molar-refractivity contribution in [3.63, 3.8) is 0 Å². The third-order valence-electron chi connectivity index (χ3n) is 4.65. The molecule has 118 valence electrons. The molecule has 0 aromatic carbocycles. The number of aromatic nitrogens is 2. The van der Waals surface area contributed by atoms with Gasteiger partial charge in [0.15, 0.2) is 0 Å². The molecule has 1 fully saturated rings. The van der Waals surface area contributed by atoms with Crippen molar-refractivity contribution in [2.75, 3.05) is 12.3 Å². The Hall–Kier alpha value is -1.52.